The van der Waals surface area contributed by atoms with Gasteiger partial charge in [0.2, 0.25) is 5.91 Å². The van der Waals surface area contributed by atoms with Gasteiger partial charge >= 0.3 is 0 Å². The minimum absolute atomic E-state index is 0.165. The van der Waals surface area contributed by atoms with E-state index in [4.69, 9.17) is 15.2 Å². The van der Waals surface area contributed by atoms with Crippen LogP contribution in [0.3, 0.4) is 0 Å². The third-order valence-corrected chi connectivity index (χ3v) is 5.39. The molecule has 1 aliphatic rings. The van der Waals surface area contributed by atoms with E-state index >= 15 is 0 Å². The van der Waals surface area contributed by atoms with Crippen molar-refractivity contribution >= 4 is 16.7 Å². The van der Waals surface area contributed by atoms with E-state index in [9.17, 15) is 9.00 Å². The zero-order valence-corrected chi connectivity index (χ0v) is 15.2. The van der Waals surface area contributed by atoms with Crippen molar-refractivity contribution in [3.63, 3.8) is 0 Å². The van der Waals surface area contributed by atoms with Gasteiger partial charge in [0.25, 0.3) is 0 Å². The molecule has 0 aromatic heterocycles. The standard InChI is InChI=1S/C19H22N2O4S/c20-16(14-4-2-1-3-5-14)13-21-19(22)8-11-26(23)15-6-7-17-18(12-15)25-10-9-24-17/h1-7,12,16H,8-11,13,20H2,(H,21,22). The molecule has 1 amide bonds. The largest absolute Gasteiger partial charge is 0.486 e. The highest BCUT2D eigenvalue weighted by molar-refractivity contribution is 7.85. The van der Waals surface area contributed by atoms with Crippen molar-refractivity contribution in [2.45, 2.75) is 17.4 Å². The highest BCUT2D eigenvalue weighted by Crippen LogP contribution is 2.31. The van der Waals surface area contributed by atoms with Crippen LogP contribution in [0.25, 0.3) is 0 Å². The lowest BCUT2D eigenvalue weighted by Gasteiger charge is -2.18. The van der Waals surface area contributed by atoms with Crippen LogP contribution >= 0.6 is 0 Å². The zero-order chi connectivity index (χ0) is 18.4. The molecule has 26 heavy (non-hydrogen) atoms. The normalized spacial score (nSPS) is 15.1. The second kappa shape index (κ2) is 8.82. The van der Waals surface area contributed by atoms with Gasteiger partial charge in [0.05, 0.1) is 10.8 Å². The van der Waals surface area contributed by atoms with Crippen molar-refractivity contribution in [2.24, 2.45) is 5.73 Å². The molecule has 2 atom stereocenters. The topological polar surface area (TPSA) is 90.7 Å². The summed E-state index contributed by atoms with van der Waals surface area (Å²) in [5.74, 6) is 1.33. The van der Waals surface area contributed by atoms with Gasteiger partial charge in [-0.15, -0.1) is 0 Å². The van der Waals surface area contributed by atoms with Crippen LogP contribution in [0.2, 0.25) is 0 Å². The van der Waals surface area contributed by atoms with Gasteiger partial charge in [-0.1, -0.05) is 30.3 Å². The maximum absolute atomic E-state index is 12.4. The molecule has 0 bridgehead atoms. The van der Waals surface area contributed by atoms with E-state index in [-0.39, 0.29) is 24.1 Å². The summed E-state index contributed by atoms with van der Waals surface area (Å²) in [5.41, 5.74) is 7.02. The molecule has 0 aliphatic carbocycles. The number of amides is 1. The first-order chi connectivity index (χ1) is 12.6. The smallest absolute Gasteiger partial charge is 0.221 e. The summed E-state index contributed by atoms with van der Waals surface area (Å²) in [7, 11) is -1.28. The molecular formula is C19H22N2O4S. The van der Waals surface area contributed by atoms with Gasteiger partial charge in [-0.05, 0) is 17.7 Å². The fourth-order valence-electron chi connectivity index (χ4n) is 2.60. The molecule has 0 radical (unpaired) electrons. The Labute approximate surface area is 155 Å². The average molecular weight is 374 g/mol. The van der Waals surface area contributed by atoms with Crippen LogP contribution in [0.4, 0.5) is 0 Å². The van der Waals surface area contributed by atoms with Gasteiger partial charge in [-0.2, -0.15) is 0 Å². The van der Waals surface area contributed by atoms with Crippen LogP contribution in [0.1, 0.15) is 18.0 Å². The lowest BCUT2D eigenvalue weighted by atomic mass is 10.1. The van der Waals surface area contributed by atoms with Crippen LogP contribution < -0.4 is 20.5 Å². The number of nitrogens with two attached hydrogens (primary N) is 1. The molecule has 2 aromatic carbocycles. The third kappa shape index (κ3) is 4.83. The molecular weight excluding hydrogens is 352 g/mol. The number of benzene rings is 2. The van der Waals surface area contributed by atoms with Crippen molar-refractivity contribution in [1.82, 2.24) is 5.32 Å². The molecule has 1 aliphatic heterocycles. The van der Waals surface area contributed by atoms with Gasteiger partial charge < -0.3 is 20.5 Å². The second-order valence-electron chi connectivity index (χ2n) is 5.93. The van der Waals surface area contributed by atoms with Crippen LogP contribution in [0.15, 0.2) is 53.4 Å². The minimum atomic E-state index is -1.28. The molecule has 6 nitrogen and oxygen atoms in total. The van der Waals surface area contributed by atoms with Crippen LogP contribution in [-0.2, 0) is 15.6 Å². The Kier molecular flexibility index (Phi) is 6.25. The molecule has 7 heteroatoms. The summed E-state index contributed by atoms with van der Waals surface area (Å²) in [6, 6.07) is 14.5. The zero-order valence-electron chi connectivity index (χ0n) is 14.4. The predicted octanol–water partition coefficient (Wildman–Crippen LogP) is 1.77. The van der Waals surface area contributed by atoms with Crippen molar-refractivity contribution < 1.29 is 18.5 Å². The molecule has 0 saturated carbocycles. The molecule has 0 saturated heterocycles. The van der Waals surface area contributed by atoms with Gasteiger partial charge in [0.15, 0.2) is 11.5 Å². The van der Waals surface area contributed by atoms with Crippen molar-refractivity contribution in [3.05, 3.63) is 54.1 Å². The summed E-state index contributed by atoms with van der Waals surface area (Å²) < 4.78 is 23.3. The Morgan fingerprint density at radius 1 is 1.12 bits per heavy atom. The highest BCUT2D eigenvalue weighted by atomic mass is 32.2. The lowest BCUT2D eigenvalue weighted by molar-refractivity contribution is -0.120. The Balaban J connectivity index is 1.46. The fraction of sp³-hybridized carbons (Fsp3) is 0.316. The molecule has 3 rings (SSSR count). The first-order valence-electron chi connectivity index (χ1n) is 8.49. The van der Waals surface area contributed by atoms with Gasteiger partial charge in [0.1, 0.15) is 13.2 Å². The van der Waals surface area contributed by atoms with E-state index in [2.05, 4.69) is 5.32 Å². The van der Waals surface area contributed by atoms with Crippen LogP contribution in [0.5, 0.6) is 11.5 Å². The number of ether oxygens (including phenoxy) is 2. The molecule has 2 aromatic rings. The van der Waals surface area contributed by atoms with E-state index in [0.29, 0.717) is 36.2 Å². The Morgan fingerprint density at radius 2 is 1.85 bits per heavy atom. The van der Waals surface area contributed by atoms with Crippen molar-refractivity contribution in [2.75, 3.05) is 25.5 Å². The summed E-state index contributed by atoms with van der Waals surface area (Å²) in [5, 5.41) is 2.79. The molecule has 1 heterocycles. The number of rotatable bonds is 7. The maximum Gasteiger partial charge on any atom is 0.221 e. The average Bonchev–Trinajstić information content (AvgIpc) is 2.70. The summed E-state index contributed by atoms with van der Waals surface area (Å²) in [4.78, 5) is 12.6. The number of fused-ring (bicyclic) bond motifs is 1. The number of carbonyl (C=O) groups is 1. The molecule has 138 valence electrons. The van der Waals surface area contributed by atoms with E-state index in [1.807, 2.05) is 30.3 Å². The highest BCUT2D eigenvalue weighted by Gasteiger charge is 2.15. The Hall–Kier alpha value is -2.38. The van der Waals surface area contributed by atoms with E-state index in [1.54, 1.807) is 18.2 Å². The Morgan fingerprint density at radius 3 is 2.62 bits per heavy atom. The van der Waals surface area contributed by atoms with Gasteiger partial charge in [-0.25, -0.2) is 0 Å². The monoisotopic (exact) mass is 374 g/mol. The first kappa shape index (κ1) is 18.4. The third-order valence-electron chi connectivity index (χ3n) is 4.04. The molecule has 2 unspecified atom stereocenters. The van der Waals surface area contributed by atoms with Crippen molar-refractivity contribution in [1.29, 1.82) is 0 Å². The quantitative estimate of drug-likeness (QED) is 0.771. The maximum atomic E-state index is 12.4. The van der Waals surface area contributed by atoms with Crippen molar-refractivity contribution in [3.8, 4) is 11.5 Å². The second-order valence-corrected chi connectivity index (χ2v) is 7.50. The summed E-state index contributed by atoms with van der Waals surface area (Å²) >= 11 is 0. The predicted molar refractivity (Wildman–Crippen MR) is 99.7 cm³/mol. The Bertz CT molecular complexity index is 782. The minimum Gasteiger partial charge on any atom is -0.486 e. The number of carbonyl (C=O) groups excluding carboxylic acids is 1. The molecule has 0 spiro atoms. The van der Waals surface area contributed by atoms with Gasteiger partial charge in [-0.3, -0.25) is 9.00 Å². The van der Waals surface area contributed by atoms with Crippen LogP contribution in [-0.4, -0.2) is 35.6 Å². The fourth-order valence-corrected chi connectivity index (χ4v) is 3.66. The number of nitrogens with one attached hydrogen (secondary N) is 1. The van der Waals surface area contributed by atoms with Gasteiger partial charge in [0, 0.05) is 35.7 Å². The summed E-state index contributed by atoms with van der Waals surface area (Å²) in [6.45, 7) is 1.34. The van der Waals surface area contributed by atoms with E-state index in [1.165, 1.54) is 0 Å². The van der Waals surface area contributed by atoms with E-state index in [0.717, 1.165) is 5.56 Å². The number of hydrogen-bond acceptors (Lipinski definition) is 5. The van der Waals surface area contributed by atoms with E-state index < -0.39 is 10.8 Å². The SMILES string of the molecule is NC(CNC(=O)CCS(=O)c1ccc2c(c1)OCCO2)c1ccccc1. The first-order valence-corrected chi connectivity index (χ1v) is 9.80. The summed E-state index contributed by atoms with van der Waals surface area (Å²) in [6.07, 6.45) is 0.169. The number of hydrogen-bond donors (Lipinski definition) is 2. The lowest BCUT2D eigenvalue weighted by Crippen LogP contribution is -2.32. The molecule has 3 N–H and O–H groups in total. The molecule has 0 fully saturated rings. The van der Waals surface area contributed by atoms with Crippen LogP contribution in [0, 0.1) is 0 Å².